The average Bonchev–Trinajstić information content (AvgIpc) is 2.47. The first-order valence-electron chi connectivity index (χ1n) is 7.62. The van der Waals surface area contributed by atoms with Crippen LogP contribution in [-0.4, -0.2) is 58.8 Å². The van der Waals surface area contributed by atoms with Crippen LogP contribution in [0.1, 0.15) is 31.8 Å². The van der Waals surface area contributed by atoms with Gasteiger partial charge in [0.15, 0.2) is 0 Å². The van der Waals surface area contributed by atoms with E-state index in [-0.39, 0.29) is 6.10 Å². The lowest BCUT2D eigenvalue weighted by Crippen LogP contribution is -2.48. The zero-order chi connectivity index (χ0) is 14.5. The third kappa shape index (κ3) is 3.90. The maximum atomic E-state index is 9.72. The molecule has 2 heterocycles. The van der Waals surface area contributed by atoms with Crippen molar-refractivity contribution in [2.24, 2.45) is 0 Å². The smallest absolute Gasteiger partial charge is 0.132 e. The lowest BCUT2D eigenvalue weighted by atomic mass is 10.2. The zero-order valence-corrected chi connectivity index (χ0v) is 12.8. The molecule has 2 rings (SSSR count). The molecule has 0 aromatic carbocycles. The monoisotopic (exact) mass is 278 g/mol. The van der Waals surface area contributed by atoms with Crippen molar-refractivity contribution in [1.82, 2.24) is 14.9 Å². The van der Waals surface area contributed by atoms with Crippen LogP contribution in [0.3, 0.4) is 0 Å². The number of hydrogen-bond donors (Lipinski definition) is 1. The van der Waals surface area contributed by atoms with Crippen molar-refractivity contribution in [3.05, 3.63) is 17.6 Å². The van der Waals surface area contributed by atoms with E-state index in [1.165, 1.54) is 0 Å². The molecule has 1 aliphatic rings. The molecule has 0 spiro atoms. The van der Waals surface area contributed by atoms with Crippen LogP contribution in [0.15, 0.2) is 6.07 Å². The summed E-state index contributed by atoms with van der Waals surface area (Å²) < 4.78 is 0. The molecule has 0 aliphatic carbocycles. The summed E-state index contributed by atoms with van der Waals surface area (Å²) in [5.74, 6) is 1.90. The summed E-state index contributed by atoms with van der Waals surface area (Å²) in [6.45, 7) is 10.8. The summed E-state index contributed by atoms with van der Waals surface area (Å²) in [6.07, 6.45) is 1.57. The van der Waals surface area contributed by atoms with Crippen molar-refractivity contribution < 1.29 is 5.11 Å². The third-order valence-corrected chi connectivity index (χ3v) is 3.88. The molecule has 0 saturated carbocycles. The maximum Gasteiger partial charge on any atom is 0.132 e. The average molecular weight is 278 g/mol. The summed E-state index contributed by atoms with van der Waals surface area (Å²) in [5.41, 5.74) is 1.11. The van der Waals surface area contributed by atoms with Gasteiger partial charge in [-0.15, -0.1) is 0 Å². The van der Waals surface area contributed by atoms with Gasteiger partial charge in [-0.05, 0) is 19.8 Å². The first-order valence-corrected chi connectivity index (χ1v) is 7.62. The van der Waals surface area contributed by atoms with Crippen molar-refractivity contribution in [1.29, 1.82) is 0 Å². The van der Waals surface area contributed by atoms with E-state index < -0.39 is 0 Å². The van der Waals surface area contributed by atoms with Crippen LogP contribution in [0.25, 0.3) is 0 Å². The van der Waals surface area contributed by atoms with Crippen molar-refractivity contribution in [3.63, 3.8) is 0 Å². The molecule has 0 radical (unpaired) electrons. The van der Waals surface area contributed by atoms with Crippen LogP contribution >= 0.6 is 0 Å². The first kappa shape index (κ1) is 15.2. The van der Waals surface area contributed by atoms with E-state index in [4.69, 9.17) is 0 Å². The van der Waals surface area contributed by atoms with Crippen LogP contribution in [-0.2, 0) is 6.42 Å². The fourth-order valence-corrected chi connectivity index (χ4v) is 2.54. The predicted molar refractivity (Wildman–Crippen MR) is 81.1 cm³/mol. The Bertz CT molecular complexity index is 430. The minimum Gasteiger partial charge on any atom is -0.392 e. The van der Waals surface area contributed by atoms with E-state index in [0.29, 0.717) is 0 Å². The van der Waals surface area contributed by atoms with Gasteiger partial charge in [0.1, 0.15) is 11.6 Å². The van der Waals surface area contributed by atoms with Gasteiger partial charge in [0.25, 0.3) is 0 Å². The number of hydrogen-bond acceptors (Lipinski definition) is 5. The summed E-state index contributed by atoms with van der Waals surface area (Å²) >= 11 is 0. The molecular formula is C15H26N4O. The van der Waals surface area contributed by atoms with Gasteiger partial charge in [-0.25, -0.2) is 9.97 Å². The van der Waals surface area contributed by atoms with Crippen molar-refractivity contribution in [2.75, 3.05) is 37.6 Å². The van der Waals surface area contributed by atoms with Gasteiger partial charge >= 0.3 is 0 Å². The van der Waals surface area contributed by atoms with E-state index in [0.717, 1.165) is 62.9 Å². The topological polar surface area (TPSA) is 52.5 Å². The molecular weight excluding hydrogens is 252 g/mol. The second kappa shape index (κ2) is 6.99. The van der Waals surface area contributed by atoms with Crippen molar-refractivity contribution in [2.45, 2.75) is 39.7 Å². The number of aryl methyl sites for hydroxylation is 2. The summed E-state index contributed by atoms with van der Waals surface area (Å²) in [6, 6.07) is 2.10. The van der Waals surface area contributed by atoms with Gasteiger partial charge in [0, 0.05) is 44.5 Å². The molecule has 5 heteroatoms. The molecule has 0 amide bonds. The summed E-state index contributed by atoms with van der Waals surface area (Å²) in [5, 5.41) is 9.72. The molecule has 1 aromatic heterocycles. The molecule has 1 atom stereocenters. The number of aromatic nitrogens is 2. The Kier molecular flexibility index (Phi) is 5.31. The standard InChI is InChI=1S/C15H26N4O/c1-4-13-10-15(17-12(3)16-13)19-8-6-18(7-9-19)11-14(20)5-2/h10,14,20H,4-9,11H2,1-3H3. The molecule has 1 aromatic rings. The Morgan fingerprint density at radius 1 is 1.20 bits per heavy atom. The fourth-order valence-electron chi connectivity index (χ4n) is 2.54. The van der Waals surface area contributed by atoms with Gasteiger partial charge in [-0.2, -0.15) is 0 Å². The molecule has 0 bridgehead atoms. The van der Waals surface area contributed by atoms with Crippen LogP contribution < -0.4 is 4.90 Å². The van der Waals surface area contributed by atoms with Crippen LogP contribution in [0.5, 0.6) is 0 Å². The Labute approximate surface area is 121 Å². The van der Waals surface area contributed by atoms with Gasteiger partial charge in [-0.1, -0.05) is 13.8 Å². The number of nitrogens with zero attached hydrogens (tertiary/aromatic N) is 4. The van der Waals surface area contributed by atoms with Crippen LogP contribution in [0.4, 0.5) is 5.82 Å². The molecule has 5 nitrogen and oxygen atoms in total. The third-order valence-electron chi connectivity index (χ3n) is 3.88. The van der Waals surface area contributed by atoms with Gasteiger partial charge in [-0.3, -0.25) is 4.90 Å². The largest absolute Gasteiger partial charge is 0.392 e. The number of rotatable bonds is 5. The quantitative estimate of drug-likeness (QED) is 0.878. The second-order valence-electron chi connectivity index (χ2n) is 5.47. The summed E-state index contributed by atoms with van der Waals surface area (Å²) in [7, 11) is 0. The Balaban J connectivity index is 1.95. The second-order valence-corrected chi connectivity index (χ2v) is 5.47. The highest BCUT2D eigenvalue weighted by molar-refractivity contribution is 5.40. The van der Waals surface area contributed by atoms with Crippen molar-refractivity contribution in [3.8, 4) is 0 Å². The van der Waals surface area contributed by atoms with Gasteiger partial charge in [0.2, 0.25) is 0 Å². The lowest BCUT2D eigenvalue weighted by molar-refractivity contribution is 0.106. The number of anilines is 1. The fraction of sp³-hybridized carbons (Fsp3) is 0.733. The Morgan fingerprint density at radius 3 is 2.50 bits per heavy atom. The highest BCUT2D eigenvalue weighted by Gasteiger charge is 2.20. The van der Waals surface area contributed by atoms with E-state index in [1.54, 1.807) is 0 Å². The van der Waals surface area contributed by atoms with Crippen LogP contribution in [0.2, 0.25) is 0 Å². The number of aliphatic hydroxyl groups excluding tert-OH is 1. The number of aliphatic hydroxyl groups is 1. The van der Waals surface area contributed by atoms with Crippen molar-refractivity contribution >= 4 is 5.82 Å². The highest BCUT2D eigenvalue weighted by atomic mass is 16.3. The van der Waals surface area contributed by atoms with E-state index in [2.05, 4.69) is 32.8 Å². The van der Waals surface area contributed by atoms with Gasteiger partial charge in [0.05, 0.1) is 6.10 Å². The van der Waals surface area contributed by atoms with Gasteiger partial charge < -0.3 is 10.0 Å². The lowest BCUT2D eigenvalue weighted by Gasteiger charge is -2.36. The zero-order valence-electron chi connectivity index (χ0n) is 12.8. The van der Waals surface area contributed by atoms with E-state index in [9.17, 15) is 5.11 Å². The number of β-amino-alcohol motifs (C(OH)–C–C–N with tert-alkyl or cyclic N) is 1. The maximum absolute atomic E-state index is 9.72. The normalized spacial score (nSPS) is 18.3. The highest BCUT2D eigenvalue weighted by Crippen LogP contribution is 2.16. The molecule has 1 unspecified atom stereocenters. The molecule has 1 aliphatic heterocycles. The predicted octanol–water partition coefficient (Wildman–Crippen LogP) is 1.24. The molecule has 1 saturated heterocycles. The molecule has 20 heavy (non-hydrogen) atoms. The Morgan fingerprint density at radius 2 is 1.90 bits per heavy atom. The molecule has 1 N–H and O–H groups in total. The Hall–Kier alpha value is -1.20. The summed E-state index contributed by atoms with van der Waals surface area (Å²) in [4.78, 5) is 13.6. The number of piperazine rings is 1. The first-order chi connectivity index (χ1) is 9.62. The SMILES string of the molecule is CCc1cc(N2CCN(CC(O)CC)CC2)nc(C)n1. The van der Waals surface area contributed by atoms with E-state index >= 15 is 0 Å². The van der Waals surface area contributed by atoms with Crippen LogP contribution in [0, 0.1) is 6.92 Å². The minimum absolute atomic E-state index is 0.200. The molecule has 112 valence electrons. The van der Waals surface area contributed by atoms with E-state index in [1.807, 2.05) is 13.8 Å². The minimum atomic E-state index is -0.200. The molecule has 1 fully saturated rings.